The van der Waals surface area contributed by atoms with E-state index in [1.807, 2.05) is 12.1 Å². The molecule has 3 aliphatic rings. The molecule has 3 N–H and O–H groups in total. The van der Waals surface area contributed by atoms with Crippen LogP contribution in [0.4, 0.5) is 0 Å². The molecule has 28 heavy (non-hydrogen) atoms. The number of nitrogens with zero attached hydrogens (tertiary/aromatic N) is 1. The third-order valence-corrected chi connectivity index (χ3v) is 6.01. The highest BCUT2D eigenvalue weighted by molar-refractivity contribution is 5.95. The van der Waals surface area contributed by atoms with Crippen LogP contribution < -0.4 is 5.32 Å². The first-order valence-corrected chi connectivity index (χ1v) is 9.34. The van der Waals surface area contributed by atoms with Gasteiger partial charge < -0.3 is 10.2 Å². The molecule has 0 aromatic heterocycles. The van der Waals surface area contributed by atoms with E-state index in [0.29, 0.717) is 17.6 Å². The fourth-order valence-corrected chi connectivity index (χ4v) is 4.65. The zero-order valence-corrected chi connectivity index (χ0v) is 15.6. The molecule has 0 saturated carbocycles. The van der Waals surface area contributed by atoms with Crippen molar-refractivity contribution in [3.8, 4) is 0 Å². The van der Waals surface area contributed by atoms with E-state index in [-0.39, 0.29) is 11.6 Å². The maximum absolute atomic E-state index is 11.7. The van der Waals surface area contributed by atoms with Crippen molar-refractivity contribution in [1.82, 2.24) is 5.32 Å². The number of carbonyl (C=O) groups is 2. The highest BCUT2D eigenvalue weighted by Crippen LogP contribution is 2.46. The van der Waals surface area contributed by atoms with Crippen LogP contribution in [0.15, 0.2) is 65.4 Å². The molecule has 1 saturated heterocycles. The number of hydrogen-bond acceptors (Lipinski definition) is 3. The van der Waals surface area contributed by atoms with Crippen molar-refractivity contribution in [3.63, 3.8) is 0 Å². The lowest BCUT2D eigenvalue weighted by atomic mass is 9.88. The number of likely N-dealkylation sites (N-methyl/N-ethyl adjacent to an activating group) is 1. The maximum Gasteiger partial charge on any atom is 0.333 e. The Morgan fingerprint density at radius 1 is 1.25 bits per heavy atom. The zero-order valence-electron chi connectivity index (χ0n) is 15.6. The standard InChI is InChI=1S/C22H22N2O4/c1-24-13-23-18(17(22(27)28)11-21(25)26)12-20(24)16-8-4-2-6-14(16)10-15-7-3-5-9-19(15)24/h2-6,8-11,18,20,23H,7,12-13H2,1H3,(H-,25,26,27,28)/p+1/b17-11-. The molecule has 6 nitrogen and oxygen atoms in total. The van der Waals surface area contributed by atoms with Crippen molar-refractivity contribution in [1.29, 1.82) is 0 Å². The zero-order chi connectivity index (χ0) is 19.9. The summed E-state index contributed by atoms with van der Waals surface area (Å²) >= 11 is 0. The highest BCUT2D eigenvalue weighted by atomic mass is 16.4. The van der Waals surface area contributed by atoms with Crippen LogP contribution in [0.2, 0.25) is 0 Å². The molecule has 0 bridgehead atoms. The van der Waals surface area contributed by atoms with Crippen LogP contribution in [0.1, 0.15) is 30.0 Å². The molecule has 144 valence electrons. The van der Waals surface area contributed by atoms with Crippen LogP contribution in [0.3, 0.4) is 0 Å². The number of carboxylic acid groups (broad SMARTS) is 2. The average Bonchev–Trinajstić information content (AvgIpc) is 2.78. The number of allylic oxidation sites excluding steroid dienone is 4. The first-order valence-electron chi connectivity index (χ1n) is 9.34. The van der Waals surface area contributed by atoms with E-state index < -0.39 is 18.0 Å². The maximum atomic E-state index is 11.7. The lowest BCUT2D eigenvalue weighted by Crippen LogP contribution is -2.60. The van der Waals surface area contributed by atoms with Crippen molar-refractivity contribution in [2.24, 2.45) is 0 Å². The SMILES string of the molecule is C[N+]12CNC(/C(=C/C(=O)O)C(=O)O)CC1c1ccccc1C=C1CC=CC=C12. The van der Waals surface area contributed by atoms with Gasteiger partial charge in [0.2, 0.25) is 0 Å². The lowest BCUT2D eigenvalue weighted by Gasteiger charge is -2.48. The molecule has 1 aromatic carbocycles. The first kappa shape index (κ1) is 18.4. The predicted octanol–water partition coefficient (Wildman–Crippen LogP) is 2.83. The van der Waals surface area contributed by atoms with Gasteiger partial charge in [-0.05, 0) is 24.1 Å². The van der Waals surface area contributed by atoms with Crippen molar-refractivity contribution in [2.75, 3.05) is 13.7 Å². The number of rotatable bonds is 3. The third kappa shape index (κ3) is 3.00. The summed E-state index contributed by atoms with van der Waals surface area (Å²) in [4.78, 5) is 22.9. The van der Waals surface area contributed by atoms with Crippen LogP contribution in [0.5, 0.6) is 0 Å². The minimum absolute atomic E-state index is 0.0190. The second-order valence-electron chi connectivity index (χ2n) is 7.66. The molecule has 4 rings (SSSR count). The van der Waals surface area contributed by atoms with Gasteiger partial charge in [-0.2, -0.15) is 0 Å². The molecule has 1 fully saturated rings. The Morgan fingerprint density at radius 3 is 2.79 bits per heavy atom. The quantitative estimate of drug-likeness (QED) is 0.555. The van der Waals surface area contributed by atoms with Gasteiger partial charge in [-0.1, -0.05) is 36.4 Å². The summed E-state index contributed by atoms with van der Waals surface area (Å²) in [5.74, 6) is -2.44. The summed E-state index contributed by atoms with van der Waals surface area (Å²) in [5.41, 5.74) is 4.68. The summed E-state index contributed by atoms with van der Waals surface area (Å²) in [7, 11) is 2.16. The van der Waals surface area contributed by atoms with Gasteiger partial charge in [0.15, 0.2) is 0 Å². The molecule has 0 radical (unpaired) electrons. The molecule has 1 aromatic rings. The number of benzene rings is 1. The molecular weight excluding hydrogens is 356 g/mol. The smallest absolute Gasteiger partial charge is 0.333 e. The predicted molar refractivity (Wildman–Crippen MR) is 105 cm³/mol. The van der Waals surface area contributed by atoms with Gasteiger partial charge in [-0.15, -0.1) is 0 Å². The Kier molecular flexibility index (Phi) is 4.53. The summed E-state index contributed by atoms with van der Waals surface area (Å²) in [5, 5.41) is 22.0. The van der Waals surface area contributed by atoms with Crippen LogP contribution >= 0.6 is 0 Å². The van der Waals surface area contributed by atoms with Gasteiger partial charge in [0.25, 0.3) is 0 Å². The number of hydrogen-bond donors (Lipinski definition) is 3. The highest BCUT2D eigenvalue weighted by Gasteiger charge is 2.47. The van der Waals surface area contributed by atoms with E-state index in [2.05, 4.69) is 48.8 Å². The normalized spacial score (nSPS) is 28.8. The van der Waals surface area contributed by atoms with Gasteiger partial charge in [0, 0.05) is 23.6 Å². The van der Waals surface area contributed by atoms with Crippen LogP contribution in [0.25, 0.3) is 6.08 Å². The molecule has 0 spiro atoms. The first-order chi connectivity index (χ1) is 13.4. The van der Waals surface area contributed by atoms with E-state index in [9.17, 15) is 14.7 Å². The van der Waals surface area contributed by atoms with E-state index in [4.69, 9.17) is 5.11 Å². The van der Waals surface area contributed by atoms with Gasteiger partial charge >= 0.3 is 11.9 Å². The molecule has 2 aliphatic heterocycles. The number of quaternary nitrogens is 1. The van der Waals surface area contributed by atoms with Gasteiger partial charge in [-0.3, -0.25) is 9.80 Å². The van der Waals surface area contributed by atoms with Crippen molar-refractivity contribution >= 4 is 18.0 Å². The average molecular weight is 379 g/mol. The minimum Gasteiger partial charge on any atom is -0.478 e. The Morgan fingerprint density at radius 2 is 2.04 bits per heavy atom. The second kappa shape index (κ2) is 6.89. The topological polar surface area (TPSA) is 86.6 Å². The van der Waals surface area contributed by atoms with E-state index in [0.717, 1.165) is 18.1 Å². The summed E-state index contributed by atoms with van der Waals surface area (Å²) in [6, 6.07) is 7.70. The van der Waals surface area contributed by atoms with Crippen molar-refractivity contribution in [2.45, 2.75) is 24.9 Å². The number of carboxylic acids is 2. The second-order valence-corrected chi connectivity index (χ2v) is 7.66. The van der Waals surface area contributed by atoms with Crippen LogP contribution in [-0.2, 0) is 9.59 Å². The Bertz CT molecular complexity index is 973. The molecule has 0 amide bonds. The fourth-order valence-electron chi connectivity index (χ4n) is 4.65. The largest absolute Gasteiger partial charge is 0.478 e. The third-order valence-electron chi connectivity index (χ3n) is 6.01. The molecule has 6 heteroatoms. The Balaban J connectivity index is 1.82. The summed E-state index contributed by atoms with van der Waals surface area (Å²) < 4.78 is 0.615. The molecule has 2 heterocycles. The van der Waals surface area contributed by atoms with E-state index >= 15 is 0 Å². The molecule has 1 aliphatic carbocycles. The molecule has 3 atom stereocenters. The fraction of sp³-hybridized carbons (Fsp3) is 0.273. The van der Waals surface area contributed by atoms with Gasteiger partial charge in [0.1, 0.15) is 18.4 Å². The molecule has 3 unspecified atom stereocenters. The lowest BCUT2D eigenvalue weighted by molar-refractivity contribution is -0.910. The Labute approximate surface area is 163 Å². The number of nitrogens with one attached hydrogen (secondary N) is 1. The van der Waals surface area contributed by atoms with E-state index in [1.165, 1.54) is 16.8 Å². The number of fused-ring (bicyclic) bond motifs is 5. The van der Waals surface area contributed by atoms with Crippen molar-refractivity contribution < 1.29 is 24.3 Å². The van der Waals surface area contributed by atoms with Crippen LogP contribution in [-0.4, -0.2) is 46.4 Å². The minimum atomic E-state index is -1.24. The monoisotopic (exact) mass is 379 g/mol. The number of aliphatic carboxylic acids is 2. The summed E-state index contributed by atoms with van der Waals surface area (Å²) in [6.07, 6.45) is 10.8. The summed E-state index contributed by atoms with van der Waals surface area (Å²) in [6.45, 7) is 0.519. The van der Waals surface area contributed by atoms with Crippen LogP contribution in [0, 0.1) is 0 Å². The van der Waals surface area contributed by atoms with E-state index in [1.54, 1.807) is 0 Å². The van der Waals surface area contributed by atoms with Gasteiger partial charge in [-0.25, -0.2) is 9.59 Å². The van der Waals surface area contributed by atoms with Gasteiger partial charge in [0.05, 0.1) is 18.7 Å². The molecular formula is C22H23N2O4+. The van der Waals surface area contributed by atoms with Crippen molar-refractivity contribution in [3.05, 3.63) is 76.5 Å². The Hall–Kier alpha value is -2.96.